The molecule has 34 heavy (non-hydrogen) atoms. The van der Waals surface area contributed by atoms with Gasteiger partial charge in [-0.05, 0) is 36.5 Å². The quantitative estimate of drug-likeness (QED) is 0.448. The van der Waals surface area contributed by atoms with Gasteiger partial charge in [-0.25, -0.2) is 0 Å². The summed E-state index contributed by atoms with van der Waals surface area (Å²) in [6.45, 7) is 11.9. The number of nitrogens with zero attached hydrogens (tertiary/aromatic N) is 2. The number of carbonyl (C=O) groups is 6. The molecule has 4 aliphatic carbocycles. The third-order valence-corrected chi connectivity index (χ3v) is 11.7. The van der Waals surface area contributed by atoms with E-state index in [2.05, 4.69) is 0 Å². The number of hydrogen-bond acceptors (Lipinski definition) is 6. The van der Waals surface area contributed by atoms with Gasteiger partial charge >= 0.3 is 0 Å². The summed E-state index contributed by atoms with van der Waals surface area (Å²) in [5.74, 6) is -2.67. The van der Waals surface area contributed by atoms with Crippen molar-refractivity contribution < 1.29 is 28.8 Å². The molecule has 0 radical (unpaired) electrons. The molecular weight excluding hydrogens is 436 g/mol. The Labute approximate surface area is 199 Å². The highest BCUT2D eigenvalue weighted by Gasteiger charge is 2.79. The summed E-state index contributed by atoms with van der Waals surface area (Å²) in [4.78, 5) is 82.4. The summed E-state index contributed by atoms with van der Waals surface area (Å²) >= 11 is 0. The van der Waals surface area contributed by atoms with Crippen LogP contribution in [-0.4, -0.2) is 70.9 Å². The maximum atomic E-state index is 13.7. The van der Waals surface area contributed by atoms with Gasteiger partial charge in [-0.15, -0.1) is 0 Å². The largest absolute Gasteiger partial charge is 0.338 e. The van der Waals surface area contributed by atoms with Crippen LogP contribution < -0.4 is 0 Å². The van der Waals surface area contributed by atoms with Crippen molar-refractivity contribution in [1.29, 1.82) is 0 Å². The molecule has 8 heteroatoms. The van der Waals surface area contributed by atoms with Gasteiger partial charge in [0.2, 0.25) is 34.9 Å². The third kappa shape index (κ3) is 2.02. The predicted molar refractivity (Wildman–Crippen MR) is 120 cm³/mol. The first-order valence-electron chi connectivity index (χ1n) is 12.4. The van der Waals surface area contributed by atoms with E-state index in [1.807, 2.05) is 27.7 Å². The molecule has 5 rings (SSSR count). The van der Waals surface area contributed by atoms with Crippen LogP contribution in [-0.2, 0) is 28.8 Å². The lowest BCUT2D eigenvalue weighted by molar-refractivity contribution is -0.162. The lowest BCUT2D eigenvalue weighted by Gasteiger charge is -2.45. The van der Waals surface area contributed by atoms with Crippen LogP contribution in [0.25, 0.3) is 0 Å². The van der Waals surface area contributed by atoms with E-state index in [4.69, 9.17) is 0 Å². The SMILES string of the molecule is CC12CCC(C(=O)N3CCN(C(=O)C45CCC(C)(C(=O)C4=O)C5(C)C)CC3)(C(=O)C1=O)C2(C)C. The molecule has 5 aliphatic rings. The van der Waals surface area contributed by atoms with Crippen molar-refractivity contribution in [3.8, 4) is 0 Å². The van der Waals surface area contributed by atoms with Crippen LogP contribution in [0.2, 0.25) is 0 Å². The molecule has 184 valence electrons. The molecule has 8 nitrogen and oxygen atoms in total. The molecule has 1 saturated heterocycles. The summed E-state index contributed by atoms with van der Waals surface area (Å²) < 4.78 is 0. The highest BCUT2D eigenvalue weighted by Crippen LogP contribution is 2.70. The monoisotopic (exact) mass is 470 g/mol. The minimum atomic E-state index is -1.34. The summed E-state index contributed by atoms with van der Waals surface area (Å²) in [5, 5.41) is 0. The Morgan fingerprint density at radius 2 is 0.824 bits per heavy atom. The molecule has 2 amide bonds. The number of ketones is 4. The minimum absolute atomic E-state index is 0.233. The van der Waals surface area contributed by atoms with E-state index in [0.29, 0.717) is 25.7 Å². The number of amides is 2. The highest BCUT2D eigenvalue weighted by molar-refractivity contribution is 6.49. The normalized spacial score (nSPS) is 42.2. The molecule has 4 atom stereocenters. The van der Waals surface area contributed by atoms with Crippen molar-refractivity contribution in [2.45, 2.75) is 67.2 Å². The fourth-order valence-corrected chi connectivity index (χ4v) is 8.14. The molecule has 0 spiro atoms. The van der Waals surface area contributed by atoms with Crippen LogP contribution in [0.4, 0.5) is 0 Å². The molecule has 0 aromatic rings. The van der Waals surface area contributed by atoms with Crippen LogP contribution in [0.5, 0.6) is 0 Å². The van der Waals surface area contributed by atoms with Gasteiger partial charge < -0.3 is 9.80 Å². The van der Waals surface area contributed by atoms with Crippen LogP contribution in [0, 0.1) is 32.5 Å². The number of fused-ring (bicyclic) bond motifs is 4. The van der Waals surface area contributed by atoms with Crippen LogP contribution in [0.3, 0.4) is 0 Å². The minimum Gasteiger partial charge on any atom is -0.338 e. The first-order chi connectivity index (χ1) is 15.6. The van der Waals surface area contributed by atoms with E-state index in [0.717, 1.165) is 0 Å². The lowest BCUT2D eigenvalue weighted by Crippen LogP contribution is -2.60. The molecule has 0 N–H and O–H groups in total. The maximum Gasteiger partial charge on any atom is 0.237 e. The molecule has 4 unspecified atom stereocenters. The Balaban J connectivity index is 1.37. The van der Waals surface area contributed by atoms with Crippen LogP contribution in [0.15, 0.2) is 0 Å². The van der Waals surface area contributed by atoms with Gasteiger partial charge in [0.1, 0.15) is 10.8 Å². The Bertz CT molecular complexity index is 1010. The summed E-state index contributed by atoms with van der Waals surface area (Å²) in [6, 6.07) is 0. The second-order valence-electron chi connectivity index (χ2n) is 12.6. The van der Waals surface area contributed by atoms with Crippen molar-refractivity contribution in [3.63, 3.8) is 0 Å². The summed E-state index contributed by atoms with van der Waals surface area (Å²) in [7, 11) is 0. The van der Waals surface area contributed by atoms with Crippen molar-refractivity contribution in [3.05, 3.63) is 0 Å². The average Bonchev–Trinajstić information content (AvgIpc) is 3.23. The molecule has 5 fully saturated rings. The first-order valence-corrected chi connectivity index (χ1v) is 12.4. The van der Waals surface area contributed by atoms with Gasteiger partial charge in [-0.1, -0.05) is 41.5 Å². The van der Waals surface area contributed by atoms with Gasteiger partial charge in [0, 0.05) is 37.0 Å². The number of piperazine rings is 1. The van der Waals surface area contributed by atoms with E-state index >= 15 is 0 Å². The fraction of sp³-hybridized carbons (Fsp3) is 0.769. The Morgan fingerprint density at radius 1 is 0.529 bits per heavy atom. The Hall–Kier alpha value is -2.38. The Morgan fingerprint density at radius 3 is 1.06 bits per heavy atom. The lowest BCUT2D eigenvalue weighted by atomic mass is 9.64. The van der Waals surface area contributed by atoms with Crippen molar-refractivity contribution in [2.75, 3.05) is 26.2 Å². The zero-order chi connectivity index (χ0) is 25.3. The van der Waals surface area contributed by atoms with Gasteiger partial charge in [0.25, 0.3) is 0 Å². The average molecular weight is 471 g/mol. The first kappa shape index (κ1) is 23.4. The fourth-order valence-electron chi connectivity index (χ4n) is 8.14. The second-order valence-corrected chi connectivity index (χ2v) is 12.6. The van der Waals surface area contributed by atoms with E-state index in [1.165, 1.54) is 0 Å². The molecule has 0 aromatic heterocycles. The van der Waals surface area contributed by atoms with E-state index in [9.17, 15) is 28.8 Å². The number of Topliss-reactive ketones (excluding diaryl/α,β-unsaturated/α-hetero) is 4. The Kier molecular flexibility index (Phi) is 4.29. The van der Waals surface area contributed by atoms with Gasteiger partial charge in [-0.3, -0.25) is 28.8 Å². The molecule has 1 aliphatic heterocycles. The number of hydrogen-bond donors (Lipinski definition) is 0. The van der Waals surface area contributed by atoms with Crippen molar-refractivity contribution in [2.24, 2.45) is 32.5 Å². The van der Waals surface area contributed by atoms with Crippen molar-refractivity contribution >= 4 is 34.9 Å². The van der Waals surface area contributed by atoms with Gasteiger partial charge in [0.15, 0.2) is 0 Å². The van der Waals surface area contributed by atoms with E-state index in [-0.39, 0.29) is 38.0 Å². The van der Waals surface area contributed by atoms with Crippen molar-refractivity contribution in [1.82, 2.24) is 9.80 Å². The summed E-state index contributed by atoms with van der Waals surface area (Å²) in [5.41, 5.74) is -5.88. The van der Waals surface area contributed by atoms with E-state index in [1.54, 1.807) is 23.6 Å². The molecule has 1 heterocycles. The molecule has 0 aromatic carbocycles. The van der Waals surface area contributed by atoms with Gasteiger partial charge in [0.05, 0.1) is 0 Å². The molecule has 4 saturated carbocycles. The van der Waals surface area contributed by atoms with E-state index < -0.39 is 55.6 Å². The zero-order valence-corrected chi connectivity index (χ0v) is 21.0. The third-order valence-electron chi connectivity index (χ3n) is 11.7. The highest BCUT2D eigenvalue weighted by atomic mass is 16.2. The molecule has 4 bridgehead atoms. The van der Waals surface area contributed by atoms with Gasteiger partial charge in [-0.2, -0.15) is 0 Å². The predicted octanol–water partition coefficient (Wildman–Crippen LogP) is 1.59. The van der Waals surface area contributed by atoms with Crippen LogP contribution in [0.1, 0.15) is 67.2 Å². The molecular formula is C26H34N2O6. The second kappa shape index (κ2) is 6.24. The standard InChI is InChI=1S/C26H34N2O6/c1-21(2)23(5)7-9-25(21,17(31)15(23)29)19(33)27-11-13-28(14-12-27)20(34)26-10-8-24(6,22(26,3)4)16(30)18(26)32/h7-14H2,1-6H3. The summed E-state index contributed by atoms with van der Waals surface area (Å²) in [6.07, 6.45) is 1.76. The smallest absolute Gasteiger partial charge is 0.237 e. The van der Waals surface area contributed by atoms with Crippen LogP contribution >= 0.6 is 0 Å². The maximum absolute atomic E-state index is 13.7. The topological polar surface area (TPSA) is 109 Å². The number of rotatable bonds is 2. The zero-order valence-electron chi connectivity index (χ0n) is 21.0. The number of carbonyl (C=O) groups excluding carboxylic acids is 6.